The van der Waals surface area contributed by atoms with Crippen LogP contribution >= 0.6 is 39.9 Å². The summed E-state index contributed by atoms with van der Waals surface area (Å²) in [5.41, 5.74) is 1.29. The smallest absolute Gasteiger partial charge is 0.239 e. The molecule has 0 heterocycles. The zero-order valence-electron chi connectivity index (χ0n) is 16.0. The van der Waals surface area contributed by atoms with Gasteiger partial charge in [-0.25, -0.2) is 0 Å². The SMILES string of the molecule is CN=C(NCC(=O)NC(C)(C)C)NCC1(c2ccc(Br)cc2)CCC1.I. The van der Waals surface area contributed by atoms with Gasteiger partial charge in [0, 0.05) is 29.0 Å². The van der Waals surface area contributed by atoms with Crippen LogP contribution in [0.1, 0.15) is 45.6 Å². The molecule has 1 saturated carbocycles. The van der Waals surface area contributed by atoms with E-state index in [-0.39, 0.29) is 47.4 Å². The fourth-order valence-electron chi connectivity index (χ4n) is 3.07. The molecule has 146 valence electrons. The molecule has 0 radical (unpaired) electrons. The summed E-state index contributed by atoms with van der Waals surface area (Å²) in [5.74, 6) is 0.620. The molecule has 0 aliphatic heterocycles. The summed E-state index contributed by atoms with van der Waals surface area (Å²) in [6, 6.07) is 8.58. The molecule has 1 aromatic carbocycles. The van der Waals surface area contributed by atoms with Crippen molar-refractivity contribution in [3.05, 3.63) is 34.3 Å². The first-order chi connectivity index (χ1) is 11.7. The molecule has 0 bridgehead atoms. The minimum Gasteiger partial charge on any atom is -0.356 e. The van der Waals surface area contributed by atoms with Crippen molar-refractivity contribution in [3.8, 4) is 0 Å². The first kappa shape index (κ1) is 23.2. The van der Waals surface area contributed by atoms with E-state index in [0.717, 1.165) is 11.0 Å². The molecule has 0 unspecified atom stereocenters. The molecule has 1 amide bonds. The van der Waals surface area contributed by atoms with Crippen LogP contribution in [0.15, 0.2) is 33.7 Å². The quantitative estimate of drug-likeness (QED) is 0.306. The average Bonchev–Trinajstić information content (AvgIpc) is 2.49. The normalized spacial score (nSPS) is 16.1. The van der Waals surface area contributed by atoms with Crippen LogP contribution in [0.3, 0.4) is 0 Å². The van der Waals surface area contributed by atoms with E-state index in [9.17, 15) is 4.79 Å². The molecule has 1 fully saturated rings. The van der Waals surface area contributed by atoms with Gasteiger partial charge in [0.1, 0.15) is 0 Å². The summed E-state index contributed by atoms with van der Waals surface area (Å²) in [6.45, 7) is 6.93. The number of carbonyl (C=O) groups is 1. The number of hydrogen-bond acceptors (Lipinski definition) is 2. The zero-order chi connectivity index (χ0) is 18.5. The highest BCUT2D eigenvalue weighted by molar-refractivity contribution is 14.0. The van der Waals surface area contributed by atoms with Crippen molar-refractivity contribution < 1.29 is 4.79 Å². The van der Waals surface area contributed by atoms with E-state index in [1.807, 2.05) is 20.8 Å². The average molecular weight is 537 g/mol. The van der Waals surface area contributed by atoms with Gasteiger partial charge in [0.15, 0.2) is 5.96 Å². The van der Waals surface area contributed by atoms with Crippen molar-refractivity contribution in [2.75, 3.05) is 20.1 Å². The Balaban J connectivity index is 0.00000338. The molecule has 26 heavy (non-hydrogen) atoms. The summed E-state index contributed by atoms with van der Waals surface area (Å²) < 4.78 is 1.10. The number of guanidine groups is 1. The predicted molar refractivity (Wildman–Crippen MR) is 122 cm³/mol. The highest BCUT2D eigenvalue weighted by Gasteiger charge is 2.38. The molecule has 0 spiro atoms. The van der Waals surface area contributed by atoms with Crippen molar-refractivity contribution >= 4 is 51.8 Å². The summed E-state index contributed by atoms with van der Waals surface area (Å²) in [4.78, 5) is 16.2. The van der Waals surface area contributed by atoms with Gasteiger partial charge in [0.05, 0.1) is 6.54 Å². The number of rotatable bonds is 5. The van der Waals surface area contributed by atoms with Crippen molar-refractivity contribution in [1.82, 2.24) is 16.0 Å². The lowest BCUT2D eigenvalue weighted by atomic mass is 9.64. The molecule has 5 nitrogen and oxygen atoms in total. The Morgan fingerprint density at radius 1 is 1.19 bits per heavy atom. The second-order valence-corrected chi connectivity index (χ2v) is 8.63. The number of hydrogen-bond donors (Lipinski definition) is 3. The van der Waals surface area contributed by atoms with E-state index < -0.39 is 0 Å². The van der Waals surface area contributed by atoms with Gasteiger partial charge in [-0.3, -0.25) is 9.79 Å². The van der Waals surface area contributed by atoms with E-state index in [2.05, 4.69) is 61.1 Å². The van der Waals surface area contributed by atoms with Crippen LogP contribution in [-0.2, 0) is 10.2 Å². The van der Waals surface area contributed by atoms with Gasteiger partial charge in [-0.1, -0.05) is 34.5 Å². The van der Waals surface area contributed by atoms with Gasteiger partial charge in [0.25, 0.3) is 0 Å². The standard InChI is InChI=1S/C19H29BrN4O.HI/c1-18(2,3)24-16(25)12-22-17(21-4)23-13-19(10-5-11-19)14-6-8-15(20)9-7-14;/h6-9H,5,10-13H2,1-4H3,(H,24,25)(H2,21,22,23);1H. The first-order valence-corrected chi connectivity index (χ1v) is 9.55. The third-order valence-corrected chi connectivity index (χ3v) is 5.04. The molecular formula is C19H30BrIN4O. The van der Waals surface area contributed by atoms with Crippen LogP contribution in [-0.4, -0.2) is 37.5 Å². The summed E-state index contributed by atoms with van der Waals surface area (Å²) in [6.07, 6.45) is 3.59. The van der Waals surface area contributed by atoms with E-state index in [1.165, 1.54) is 24.8 Å². The number of amides is 1. The Morgan fingerprint density at radius 2 is 1.81 bits per heavy atom. The number of carbonyl (C=O) groups excluding carboxylic acids is 1. The Morgan fingerprint density at radius 3 is 2.27 bits per heavy atom. The van der Waals surface area contributed by atoms with Gasteiger partial charge in [-0.2, -0.15) is 0 Å². The van der Waals surface area contributed by atoms with Crippen LogP contribution in [0.2, 0.25) is 0 Å². The van der Waals surface area contributed by atoms with E-state index >= 15 is 0 Å². The van der Waals surface area contributed by atoms with Crippen molar-refractivity contribution in [2.24, 2.45) is 4.99 Å². The number of nitrogens with zero attached hydrogens (tertiary/aromatic N) is 1. The molecule has 2 rings (SSSR count). The zero-order valence-corrected chi connectivity index (χ0v) is 19.9. The van der Waals surface area contributed by atoms with Gasteiger partial charge < -0.3 is 16.0 Å². The lowest BCUT2D eigenvalue weighted by molar-refractivity contribution is -0.121. The topological polar surface area (TPSA) is 65.5 Å². The minimum atomic E-state index is -0.229. The molecule has 1 aromatic rings. The van der Waals surface area contributed by atoms with Gasteiger partial charge in [-0.15, -0.1) is 24.0 Å². The van der Waals surface area contributed by atoms with Crippen LogP contribution in [0, 0.1) is 0 Å². The Labute approximate surface area is 182 Å². The lowest BCUT2D eigenvalue weighted by Gasteiger charge is -2.43. The maximum atomic E-state index is 11.9. The van der Waals surface area contributed by atoms with Gasteiger partial charge in [0.2, 0.25) is 5.91 Å². The highest BCUT2D eigenvalue weighted by atomic mass is 127. The van der Waals surface area contributed by atoms with E-state index in [1.54, 1.807) is 7.05 Å². The second kappa shape index (κ2) is 9.92. The van der Waals surface area contributed by atoms with E-state index in [4.69, 9.17) is 0 Å². The van der Waals surface area contributed by atoms with Crippen LogP contribution in [0.5, 0.6) is 0 Å². The van der Waals surface area contributed by atoms with Crippen molar-refractivity contribution in [1.29, 1.82) is 0 Å². The third-order valence-electron chi connectivity index (χ3n) is 4.52. The second-order valence-electron chi connectivity index (χ2n) is 7.72. The van der Waals surface area contributed by atoms with Crippen LogP contribution in [0.25, 0.3) is 0 Å². The molecule has 1 aliphatic carbocycles. The van der Waals surface area contributed by atoms with Crippen molar-refractivity contribution in [2.45, 2.75) is 51.0 Å². The first-order valence-electron chi connectivity index (χ1n) is 8.76. The monoisotopic (exact) mass is 536 g/mol. The Kier molecular flexibility index (Phi) is 8.85. The van der Waals surface area contributed by atoms with Crippen LogP contribution in [0.4, 0.5) is 0 Å². The number of nitrogens with one attached hydrogen (secondary N) is 3. The third kappa shape index (κ3) is 6.72. The number of aliphatic imine (C=N–C) groups is 1. The Bertz CT molecular complexity index is 621. The maximum Gasteiger partial charge on any atom is 0.239 e. The van der Waals surface area contributed by atoms with Gasteiger partial charge in [-0.05, 0) is 51.3 Å². The molecule has 7 heteroatoms. The molecule has 0 saturated heterocycles. The summed E-state index contributed by atoms with van der Waals surface area (Å²) in [7, 11) is 1.73. The largest absolute Gasteiger partial charge is 0.356 e. The maximum absolute atomic E-state index is 11.9. The molecule has 1 aliphatic rings. The van der Waals surface area contributed by atoms with Crippen LogP contribution < -0.4 is 16.0 Å². The summed E-state index contributed by atoms with van der Waals surface area (Å²) in [5, 5.41) is 9.42. The highest BCUT2D eigenvalue weighted by Crippen LogP contribution is 2.43. The number of benzene rings is 1. The molecular weight excluding hydrogens is 507 g/mol. The van der Waals surface area contributed by atoms with Gasteiger partial charge >= 0.3 is 0 Å². The minimum absolute atomic E-state index is 0. The molecule has 3 N–H and O–H groups in total. The fourth-order valence-corrected chi connectivity index (χ4v) is 3.34. The number of halogens is 2. The fraction of sp³-hybridized carbons (Fsp3) is 0.579. The molecule has 0 atom stereocenters. The Hall–Kier alpha value is -0.830. The van der Waals surface area contributed by atoms with E-state index in [0.29, 0.717) is 5.96 Å². The predicted octanol–water partition coefficient (Wildman–Crippen LogP) is 3.57. The van der Waals surface area contributed by atoms with Crippen molar-refractivity contribution in [3.63, 3.8) is 0 Å². The molecule has 0 aromatic heterocycles. The lowest BCUT2D eigenvalue weighted by Crippen LogP contribution is -2.51. The summed E-state index contributed by atoms with van der Waals surface area (Å²) >= 11 is 3.50.